The van der Waals surface area contributed by atoms with Crippen LogP contribution in [0.2, 0.25) is 0 Å². The van der Waals surface area contributed by atoms with Crippen LogP contribution >= 0.6 is 23.5 Å². The van der Waals surface area contributed by atoms with Gasteiger partial charge in [0, 0.05) is 16.4 Å². The molecule has 0 bridgehead atoms. The zero-order valence-corrected chi connectivity index (χ0v) is 13.4. The Bertz CT molecular complexity index is 877. The van der Waals surface area contributed by atoms with E-state index in [9.17, 15) is 4.79 Å². The molecule has 2 heterocycles. The molecule has 0 amide bonds. The summed E-state index contributed by atoms with van der Waals surface area (Å²) in [4.78, 5) is 17.6. The molecule has 1 aromatic heterocycles. The lowest BCUT2D eigenvalue weighted by molar-refractivity contribution is 0.591. The van der Waals surface area contributed by atoms with Gasteiger partial charge in [-0.1, -0.05) is 42.1 Å². The van der Waals surface area contributed by atoms with Crippen molar-refractivity contribution >= 4 is 34.4 Å². The second-order valence-electron chi connectivity index (χ2n) is 5.18. The molecule has 0 radical (unpaired) electrons. The lowest BCUT2D eigenvalue weighted by Crippen LogP contribution is -2.17. The molecule has 3 aromatic rings. The SMILES string of the molecule is O=c1nc2n(c3ccccc13)[C@H](CSc1ccccc1)CS2. The Labute approximate surface area is 136 Å². The average molecular weight is 326 g/mol. The van der Waals surface area contributed by atoms with Crippen molar-refractivity contribution < 1.29 is 0 Å². The molecule has 0 saturated carbocycles. The van der Waals surface area contributed by atoms with Gasteiger partial charge in [-0.2, -0.15) is 4.98 Å². The third-order valence-corrected chi connectivity index (χ3v) is 6.01. The maximum absolute atomic E-state index is 12.1. The van der Waals surface area contributed by atoms with Crippen LogP contribution in [0.15, 0.2) is 69.4 Å². The highest BCUT2D eigenvalue weighted by Crippen LogP contribution is 2.36. The molecular formula is C17H14N2OS2. The maximum atomic E-state index is 12.1. The van der Waals surface area contributed by atoms with Crippen LogP contribution in [0.5, 0.6) is 0 Å². The van der Waals surface area contributed by atoms with E-state index >= 15 is 0 Å². The predicted octanol–water partition coefficient (Wildman–Crippen LogP) is 3.84. The topological polar surface area (TPSA) is 34.9 Å². The van der Waals surface area contributed by atoms with E-state index < -0.39 is 0 Å². The molecule has 4 rings (SSSR count). The summed E-state index contributed by atoms with van der Waals surface area (Å²) in [5.74, 6) is 1.96. The highest BCUT2D eigenvalue weighted by molar-refractivity contribution is 8.00. The fraction of sp³-hybridized carbons (Fsp3) is 0.176. The number of hydrogen-bond acceptors (Lipinski definition) is 4. The van der Waals surface area contributed by atoms with Gasteiger partial charge >= 0.3 is 0 Å². The Morgan fingerprint density at radius 3 is 2.77 bits per heavy atom. The van der Waals surface area contributed by atoms with Crippen LogP contribution < -0.4 is 5.56 Å². The van der Waals surface area contributed by atoms with Crippen LogP contribution in [0.25, 0.3) is 10.9 Å². The van der Waals surface area contributed by atoms with Gasteiger partial charge in [-0.3, -0.25) is 4.79 Å². The molecule has 3 nitrogen and oxygen atoms in total. The minimum atomic E-state index is -0.120. The molecule has 22 heavy (non-hydrogen) atoms. The van der Waals surface area contributed by atoms with Crippen molar-refractivity contribution in [1.82, 2.24) is 9.55 Å². The highest BCUT2D eigenvalue weighted by Gasteiger charge is 2.25. The molecule has 110 valence electrons. The van der Waals surface area contributed by atoms with E-state index in [0.717, 1.165) is 22.2 Å². The van der Waals surface area contributed by atoms with Crippen LogP contribution in [0, 0.1) is 0 Å². The zero-order valence-electron chi connectivity index (χ0n) is 11.8. The van der Waals surface area contributed by atoms with Gasteiger partial charge in [-0.05, 0) is 24.3 Å². The second kappa shape index (κ2) is 5.82. The number of aromatic nitrogens is 2. The molecule has 1 aliphatic rings. The van der Waals surface area contributed by atoms with Gasteiger partial charge in [0.15, 0.2) is 5.16 Å². The van der Waals surface area contributed by atoms with Crippen LogP contribution in [0.4, 0.5) is 0 Å². The minimum Gasteiger partial charge on any atom is -0.315 e. The van der Waals surface area contributed by atoms with Gasteiger partial charge in [0.1, 0.15) is 0 Å². The third-order valence-electron chi connectivity index (χ3n) is 3.75. The summed E-state index contributed by atoms with van der Waals surface area (Å²) in [5, 5.41) is 1.56. The summed E-state index contributed by atoms with van der Waals surface area (Å²) in [6.07, 6.45) is 0. The molecule has 1 aliphatic heterocycles. The van der Waals surface area contributed by atoms with Crippen LogP contribution in [-0.2, 0) is 0 Å². The number of hydrogen-bond donors (Lipinski definition) is 0. The molecule has 2 aromatic carbocycles. The monoisotopic (exact) mass is 326 g/mol. The summed E-state index contributed by atoms with van der Waals surface area (Å²) in [7, 11) is 0. The molecule has 5 heteroatoms. The van der Waals surface area contributed by atoms with Crippen LogP contribution in [-0.4, -0.2) is 21.1 Å². The number of thioether (sulfide) groups is 2. The van der Waals surface area contributed by atoms with Gasteiger partial charge < -0.3 is 4.57 Å². The lowest BCUT2D eigenvalue weighted by atomic mass is 10.2. The minimum absolute atomic E-state index is 0.120. The number of para-hydroxylation sites is 1. The summed E-state index contributed by atoms with van der Waals surface area (Å²) >= 11 is 3.53. The Kier molecular flexibility index (Phi) is 3.68. The number of benzene rings is 2. The van der Waals surface area contributed by atoms with E-state index in [1.165, 1.54) is 4.90 Å². The largest absolute Gasteiger partial charge is 0.315 e. The van der Waals surface area contributed by atoms with E-state index in [4.69, 9.17) is 0 Å². The molecule has 0 aliphatic carbocycles. The smallest absolute Gasteiger partial charge is 0.281 e. The summed E-state index contributed by atoms with van der Waals surface area (Å²) < 4.78 is 2.23. The van der Waals surface area contributed by atoms with Crippen molar-refractivity contribution in [1.29, 1.82) is 0 Å². The molecule has 0 N–H and O–H groups in total. The average Bonchev–Trinajstić information content (AvgIpc) is 2.97. The zero-order chi connectivity index (χ0) is 14.9. The van der Waals surface area contributed by atoms with Crippen LogP contribution in [0.3, 0.4) is 0 Å². The van der Waals surface area contributed by atoms with E-state index in [1.807, 2.05) is 42.1 Å². The van der Waals surface area contributed by atoms with Gasteiger partial charge in [-0.25, -0.2) is 0 Å². The number of fused-ring (bicyclic) bond motifs is 3. The van der Waals surface area contributed by atoms with Gasteiger partial charge in [0.25, 0.3) is 5.56 Å². The second-order valence-corrected chi connectivity index (χ2v) is 7.26. The molecular weight excluding hydrogens is 312 g/mol. The van der Waals surface area contributed by atoms with E-state index in [-0.39, 0.29) is 5.56 Å². The standard InChI is InChI=1S/C17H14N2OS2/c20-16-14-8-4-5-9-15(14)19-12(11-22-17(19)18-16)10-21-13-6-2-1-3-7-13/h1-9,12H,10-11H2/t12-/m1/s1. The van der Waals surface area contributed by atoms with Gasteiger partial charge in [0.05, 0.1) is 16.9 Å². The van der Waals surface area contributed by atoms with Gasteiger partial charge in [0.2, 0.25) is 0 Å². The number of rotatable bonds is 3. The molecule has 0 saturated heterocycles. The fourth-order valence-corrected chi connectivity index (χ4v) is 4.99. The van der Waals surface area contributed by atoms with E-state index in [1.54, 1.807) is 11.8 Å². The molecule has 1 atom stereocenters. The van der Waals surface area contributed by atoms with E-state index in [0.29, 0.717) is 11.4 Å². The van der Waals surface area contributed by atoms with Crippen LogP contribution in [0.1, 0.15) is 6.04 Å². The van der Waals surface area contributed by atoms with Crippen molar-refractivity contribution in [3.8, 4) is 0 Å². The highest BCUT2D eigenvalue weighted by atomic mass is 32.2. The third kappa shape index (κ3) is 2.44. The van der Waals surface area contributed by atoms with Crippen molar-refractivity contribution in [3.63, 3.8) is 0 Å². The predicted molar refractivity (Wildman–Crippen MR) is 92.9 cm³/mol. The summed E-state index contributed by atoms with van der Waals surface area (Å²) in [6.45, 7) is 0. The Balaban J connectivity index is 1.70. The van der Waals surface area contributed by atoms with Gasteiger partial charge in [-0.15, -0.1) is 11.8 Å². The van der Waals surface area contributed by atoms with Crippen molar-refractivity contribution in [2.24, 2.45) is 0 Å². The first-order valence-electron chi connectivity index (χ1n) is 7.15. The fourth-order valence-electron chi connectivity index (χ4n) is 2.70. The molecule has 0 unspecified atom stereocenters. The first-order valence-corrected chi connectivity index (χ1v) is 9.12. The van der Waals surface area contributed by atoms with Crippen molar-refractivity contribution in [2.45, 2.75) is 16.1 Å². The van der Waals surface area contributed by atoms with Crippen molar-refractivity contribution in [2.75, 3.05) is 11.5 Å². The lowest BCUT2D eigenvalue weighted by Gasteiger charge is -2.16. The first kappa shape index (κ1) is 13.9. The normalized spacial score (nSPS) is 16.8. The molecule has 0 fully saturated rings. The maximum Gasteiger partial charge on any atom is 0.281 e. The van der Waals surface area contributed by atoms with E-state index in [2.05, 4.69) is 33.8 Å². The number of nitrogens with zero attached hydrogens (tertiary/aromatic N) is 2. The van der Waals surface area contributed by atoms with Crippen molar-refractivity contribution in [3.05, 3.63) is 65.0 Å². The Morgan fingerprint density at radius 2 is 1.91 bits per heavy atom. The first-order chi connectivity index (χ1) is 10.8. The Hall–Kier alpha value is -1.72. The summed E-state index contributed by atoms with van der Waals surface area (Å²) in [6, 6.07) is 18.6. The quantitative estimate of drug-likeness (QED) is 0.541. The Morgan fingerprint density at radius 1 is 1.14 bits per heavy atom. The summed E-state index contributed by atoms with van der Waals surface area (Å²) in [5.41, 5.74) is 0.881. The molecule has 0 spiro atoms.